The van der Waals surface area contributed by atoms with Crippen molar-refractivity contribution in [1.29, 1.82) is 0 Å². The fraction of sp³-hybridized carbons (Fsp3) is 0.514. The number of nitrogens with one attached hydrogen (secondary N) is 12. The van der Waals surface area contributed by atoms with Gasteiger partial charge in [0.25, 0.3) is 11.8 Å². The maximum Gasteiger partial charge on any atom is 0.407 e. The molecular formula is C70H95N13O16S2. The number of rotatable bonds is 26. The number of ether oxygens (including phenoxy) is 1. The van der Waals surface area contributed by atoms with Gasteiger partial charge in [-0.15, -0.1) is 0 Å². The molecule has 10 atom stereocenters. The standard InChI is InChI=1S/C70H95N13O16S2/c1-41(84)58(66(95)71-32-16-8-18-34-83-56(87)30-31-57(83)88)81-65(94)55-40-101-100-39-54(78-62(91)52(35-43-19-9-6-10-20-43)80-68(97)74-46-21-11-7-12-22-46)64(93)76-51(36-44-26-28-47(86)29-27-44)61(90)77-53(37-45-38-73-49-24-14-13-23-48(45)49)63(92)75-50(60(89)82-59(42(2)85)67(96)79-55)25-15-17-33-72-69(98)99-70(3,4)5/h6,9-10,13-14,19-20,23-24,26-31,38,41-42,46,50-55,58-59,73,84-86H,7-8,11-12,15-18,21-22,25,32-37,39-40H2,1-5H3,(H,71,95)(H,72,98)(H,75,92)(H,76,93)(H,77,90)(H,78,91)(H,79,96)(H,81,94)(H,82,89)(H2,74,80,97)/t41-,42-,50+,51+,52-,53-,54+,55+,58+,59+/m1/s1. The smallest absolute Gasteiger partial charge is 0.407 e. The Bertz CT molecular complexity index is 3530. The number of aromatic nitrogens is 1. The minimum atomic E-state index is -1.85. The Labute approximate surface area is 594 Å². The van der Waals surface area contributed by atoms with E-state index in [2.05, 4.69) is 63.5 Å². The number of fused-ring (bicyclic) bond motifs is 1. The summed E-state index contributed by atoms with van der Waals surface area (Å²) >= 11 is 0. The molecule has 1 aromatic heterocycles. The molecular weight excluding hydrogens is 1340 g/mol. The van der Waals surface area contributed by atoms with Crippen molar-refractivity contribution in [2.45, 2.75) is 197 Å². The Hall–Kier alpha value is -9.20. The van der Waals surface area contributed by atoms with Crippen molar-refractivity contribution in [2.75, 3.05) is 31.1 Å². The van der Waals surface area contributed by atoms with Gasteiger partial charge in [0.15, 0.2) is 0 Å². The molecule has 29 nitrogen and oxygen atoms in total. The second kappa shape index (κ2) is 39.1. The first kappa shape index (κ1) is 79.1. The molecule has 3 heterocycles. The first-order valence-corrected chi connectivity index (χ1v) is 36.7. The molecule has 7 rings (SSSR count). The zero-order chi connectivity index (χ0) is 73.2. The molecule has 1 saturated heterocycles. The molecule has 13 amide bonds. The monoisotopic (exact) mass is 1440 g/mol. The molecule has 1 saturated carbocycles. The summed E-state index contributed by atoms with van der Waals surface area (Å²) in [6, 6.07) is 8.44. The Morgan fingerprint density at radius 3 is 1.94 bits per heavy atom. The van der Waals surface area contributed by atoms with Gasteiger partial charge in [-0.1, -0.05) is 102 Å². The van der Waals surface area contributed by atoms with Crippen molar-refractivity contribution >= 4 is 104 Å². The average Bonchev–Trinajstić information content (AvgIpc) is 1.74. The van der Waals surface area contributed by atoms with Crippen LogP contribution in [0.2, 0.25) is 0 Å². The number of hydrogen-bond donors (Lipinski definition) is 15. The molecule has 548 valence electrons. The number of unbranched alkanes of at least 4 members (excludes halogenated alkanes) is 3. The summed E-state index contributed by atoms with van der Waals surface area (Å²) < 4.78 is 5.37. The maximum absolute atomic E-state index is 15.3. The van der Waals surface area contributed by atoms with Gasteiger partial charge in [-0.2, -0.15) is 0 Å². The summed E-state index contributed by atoms with van der Waals surface area (Å²) in [5.74, 6) is -9.20. The summed E-state index contributed by atoms with van der Waals surface area (Å²) in [4.78, 5) is 173. The average molecular weight is 1440 g/mol. The summed E-state index contributed by atoms with van der Waals surface area (Å²) in [6.45, 7) is 7.81. The van der Waals surface area contributed by atoms with Crippen LogP contribution in [0.15, 0.2) is 97.2 Å². The van der Waals surface area contributed by atoms with E-state index >= 15 is 14.4 Å². The van der Waals surface area contributed by atoms with Crippen molar-refractivity contribution < 1.29 is 77.6 Å². The van der Waals surface area contributed by atoms with Gasteiger partial charge in [0, 0.05) is 85.7 Å². The number of urea groups is 1. The minimum absolute atomic E-state index is 0.0297. The molecule has 0 spiro atoms. The predicted molar refractivity (Wildman–Crippen MR) is 379 cm³/mol. The number of benzene rings is 3. The molecule has 3 aromatic carbocycles. The molecule has 15 N–H and O–H groups in total. The van der Waals surface area contributed by atoms with Crippen molar-refractivity contribution in [2.24, 2.45) is 0 Å². The van der Waals surface area contributed by atoms with Gasteiger partial charge < -0.3 is 83.5 Å². The lowest BCUT2D eigenvalue weighted by molar-refractivity contribution is -0.137. The highest BCUT2D eigenvalue weighted by molar-refractivity contribution is 8.76. The van der Waals surface area contributed by atoms with Crippen molar-refractivity contribution in [1.82, 2.24) is 68.4 Å². The highest BCUT2D eigenvalue weighted by Crippen LogP contribution is 2.25. The fourth-order valence-electron chi connectivity index (χ4n) is 11.6. The second-order valence-electron chi connectivity index (χ2n) is 26.4. The number of hydrogen-bond acceptors (Lipinski definition) is 18. The third-order valence-corrected chi connectivity index (χ3v) is 19.4. The molecule has 2 aliphatic heterocycles. The third-order valence-electron chi connectivity index (χ3n) is 17.0. The molecule has 101 heavy (non-hydrogen) atoms. The van der Waals surface area contributed by atoms with Gasteiger partial charge in [-0.25, -0.2) is 9.59 Å². The van der Waals surface area contributed by atoms with Gasteiger partial charge in [-0.3, -0.25) is 52.8 Å². The van der Waals surface area contributed by atoms with Crippen LogP contribution in [0.3, 0.4) is 0 Å². The van der Waals surface area contributed by atoms with Gasteiger partial charge in [0.1, 0.15) is 59.7 Å². The highest BCUT2D eigenvalue weighted by Gasteiger charge is 2.38. The lowest BCUT2D eigenvalue weighted by atomic mass is 9.96. The van der Waals surface area contributed by atoms with Crippen molar-refractivity contribution in [3.63, 3.8) is 0 Å². The van der Waals surface area contributed by atoms with E-state index in [9.17, 15) is 58.5 Å². The van der Waals surface area contributed by atoms with E-state index in [0.717, 1.165) is 58.6 Å². The summed E-state index contributed by atoms with van der Waals surface area (Å²) in [7, 11) is 1.83. The van der Waals surface area contributed by atoms with E-state index in [4.69, 9.17) is 4.74 Å². The fourth-order valence-corrected chi connectivity index (χ4v) is 13.9. The number of imide groups is 1. The number of phenols is 1. The van der Waals surface area contributed by atoms with Gasteiger partial charge in [-0.05, 0) is 121 Å². The number of aliphatic hydroxyl groups is 2. The SMILES string of the molecule is C[C@@H](O)[C@H](NC(=O)[C@@H]1CSSC[C@H](NC(=O)[C@@H](Cc2ccccc2)NC(=O)NC2CCCCC2)C(=O)N[C@@H](Cc2ccc(O)cc2)C(=O)N[C@H](Cc2c[nH]c3ccccc23)C(=O)N[C@@H](CCCCNC(=O)OC(C)(C)C)C(=O)N[C@@H]([C@@H](C)O)C(=O)N1)C(=O)NCCCCCN1C(=O)C=CC1=O. The molecule has 0 unspecified atom stereocenters. The Balaban J connectivity index is 1.24. The second-order valence-corrected chi connectivity index (χ2v) is 28.9. The molecule has 4 aromatic rings. The van der Waals surface area contributed by atoms with E-state index < -0.39 is 143 Å². The highest BCUT2D eigenvalue weighted by atomic mass is 33.1. The van der Waals surface area contributed by atoms with Crippen LogP contribution in [0.4, 0.5) is 9.59 Å². The predicted octanol–water partition coefficient (Wildman–Crippen LogP) is 2.36. The molecule has 2 fully saturated rings. The third kappa shape index (κ3) is 25.7. The zero-order valence-corrected chi connectivity index (χ0v) is 59.1. The van der Waals surface area contributed by atoms with Crippen LogP contribution in [0.5, 0.6) is 5.75 Å². The number of para-hydroxylation sites is 1. The number of amides is 13. The van der Waals surface area contributed by atoms with Gasteiger partial charge in [0.2, 0.25) is 47.3 Å². The first-order chi connectivity index (χ1) is 48.2. The van der Waals surface area contributed by atoms with Crippen molar-refractivity contribution in [3.8, 4) is 5.75 Å². The molecule has 0 radical (unpaired) electrons. The Kier molecular flexibility index (Phi) is 30.7. The van der Waals surface area contributed by atoms with E-state index in [1.807, 2.05) is 0 Å². The maximum atomic E-state index is 15.3. The van der Waals surface area contributed by atoms with E-state index in [1.54, 1.807) is 81.6 Å². The number of phenolic OH excluding ortho intramolecular Hbond substituents is 1. The van der Waals surface area contributed by atoms with Crippen LogP contribution in [-0.2, 0) is 71.9 Å². The molecule has 0 bridgehead atoms. The number of aromatic hydroxyl groups is 1. The number of aliphatic hydroxyl groups excluding tert-OH is 2. The Morgan fingerprint density at radius 1 is 0.634 bits per heavy atom. The van der Waals surface area contributed by atoms with Crippen LogP contribution in [0.25, 0.3) is 10.9 Å². The normalized spacial score (nSPS) is 21.3. The number of H-pyrrole nitrogens is 1. The van der Waals surface area contributed by atoms with E-state index in [1.165, 1.54) is 50.3 Å². The van der Waals surface area contributed by atoms with E-state index in [0.29, 0.717) is 46.9 Å². The molecule has 3 aliphatic rings. The summed E-state index contributed by atoms with van der Waals surface area (Å²) in [6.07, 6.45) is 5.39. The van der Waals surface area contributed by atoms with Crippen LogP contribution in [0, 0.1) is 0 Å². The number of carbonyl (C=O) groups is 12. The topological polar surface area (TPSA) is 426 Å². The summed E-state index contributed by atoms with van der Waals surface area (Å²) in [5, 5.41) is 63.2. The van der Waals surface area contributed by atoms with E-state index in [-0.39, 0.29) is 75.7 Å². The van der Waals surface area contributed by atoms with Gasteiger partial charge in [0.05, 0.1) is 12.2 Å². The van der Waals surface area contributed by atoms with Gasteiger partial charge >= 0.3 is 12.1 Å². The Morgan fingerprint density at radius 2 is 1.26 bits per heavy atom. The quantitative estimate of drug-likeness (QED) is 0.0244. The number of alkyl carbamates (subject to hydrolysis) is 1. The number of nitrogens with zero attached hydrogens (tertiary/aromatic N) is 1. The molecule has 1 aliphatic carbocycles. The van der Waals surface area contributed by atoms with Crippen LogP contribution in [-0.4, -0.2) is 200 Å². The number of carbonyl (C=O) groups excluding carboxylic acids is 12. The van der Waals surface area contributed by atoms with Crippen molar-refractivity contribution in [3.05, 3.63) is 114 Å². The number of aromatic amines is 1. The van der Waals surface area contributed by atoms with Crippen LogP contribution < -0.4 is 58.5 Å². The first-order valence-electron chi connectivity index (χ1n) is 34.2. The molecule has 31 heteroatoms. The van der Waals surface area contributed by atoms with Crippen LogP contribution >= 0.6 is 21.6 Å². The minimum Gasteiger partial charge on any atom is -0.508 e. The largest absolute Gasteiger partial charge is 0.508 e. The summed E-state index contributed by atoms with van der Waals surface area (Å²) in [5.41, 5.74) is 1.52. The van der Waals surface area contributed by atoms with Crippen LogP contribution in [0.1, 0.15) is 122 Å². The lowest BCUT2D eigenvalue weighted by Gasteiger charge is -2.29. The lowest BCUT2D eigenvalue weighted by Crippen LogP contribution is -2.63. The zero-order valence-electron chi connectivity index (χ0n) is 57.4.